The van der Waals surface area contributed by atoms with Gasteiger partial charge in [0, 0.05) is 24.6 Å². The zero-order chi connectivity index (χ0) is 17.1. The van der Waals surface area contributed by atoms with Crippen LogP contribution in [0.3, 0.4) is 0 Å². The summed E-state index contributed by atoms with van der Waals surface area (Å²) < 4.78 is 10.6. The number of rotatable bonds is 4. The Morgan fingerprint density at radius 1 is 1.12 bits per heavy atom. The fraction of sp³-hybridized carbons (Fsp3) is 0.632. The van der Waals surface area contributed by atoms with Crippen molar-refractivity contribution in [1.29, 1.82) is 0 Å². The molecule has 5 heteroatoms. The summed E-state index contributed by atoms with van der Waals surface area (Å²) in [7, 11) is 3.16. The first-order chi connectivity index (χ1) is 11.7. The van der Waals surface area contributed by atoms with E-state index >= 15 is 0 Å². The summed E-state index contributed by atoms with van der Waals surface area (Å²) in [6.45, 7) is 0.752. The normalized spacial score (nSPS) is 27.1. The van der Waals surface area contributed by atoms with Gasteiger partial charge in [-0.15, -0.1) is 0 Å². The smallest absolute Gasteiger partial charge is 0.257 e. The quantitative estimate of drug-likeness (QED) is 0.920. The molecule has 1 heterocycles. The molecular weight excluding hydrogens is 306 g/mol. The maximum atomic E-state index is 13.1. The van der Waals surface area contributed by atoms with Crippen molar-refractivity contribution < 1.29 is 19.4 Å². The maximum Gasteiger partial charge on any atom is 0.257 e. The van der Waals surface area contributed by atoms with Crippen LogP contribution in [-0.4, -0.2) is 48.8 Å². The summed E-state index contributed by atoms with van der Waals surface area (Å²) >= 11 is 0. The molecule has 1 aromatic carbocycles. The average Bonchev–Trinajstić information content (AvgIpc) is 3.10. The Hall–Kier alpha value is -1.75. The summed E-state index contributed by atoms with van der Waals surface area (Å²) in [5.74, 6) is 1.41. The molecule has 5 nitrogen and oxygen atoms in total. The molecule has 1 aromatic rings. The number of carbonyl (C=O) groups is 1. The SMILES string of the molecule is COc1ccc(C(=O)N2CCC[C@@H]2[C@H]2CCCC[C@@H]2O)c(OC)c1. The number of carbonyl (C=O) groups excluding carboxylic acids is 1. The molecule has 0 spiro atoms. The summed E-state index contributed by atoms with van der Waals surface area (Å²) in [6, 6.07) is 5.44. The molecule has 24 heavy (non-hydrogen) atoms. The molecule has 2 aliphatic rings. The zero-order valence-electron chi connectivity index (χ0n) is 14.5. The van der Waals surface area contributed by atoms with Crippen LogP contribution in [0, 0.1) is 5.92 Å². The van der Waals surface area contributed by atoms with Crippen molar-refractivity contribution in [2.45, 2.75) is 50.7 Å². The van der Waals surface area contributed by atoms with E-state index in [-0.39, 0.29) is 24.0 Å². The molecule has 1 saturated carbocycles. The van der Waals surface area contributed by atoms with Crippen molar-refractivity contribution in [1.82, 2.24) is 4.90 Å². The summed E-state index contributed by atoms with van der Waals surface area (Å²) in [4.78, 5) is 15.1. The highest BCUT2D eigenvalue weighted by Crippen LogP contribution is 2.36. The van der Waals surface area contributed by atoms with Crippen LogP contribution >= 0.6 is 0 Å². The van der Waals surface area contributed by atoms with Gasteiger partial charge in [0.05, 0.1) is 25.9 Å². The van der Waals surface area contributed by atoms with Crippen molar-refractivity contribution in [3.63, 3.8) is 0 Å². The summed E-state index contributed by atoms with van der Waals surface area (Å²) in [6.07, 6.45) is 5.79. The first kappa shape index (κ1) is 17.1. The van der Waals surface area contributed by atoms with Crippen molar-refractivity contribution in [2.75, 3.05) is 20.8 Å². The number of methoxy groups -OCH3 is 2. The zero-order valence-corrected chi connectivity index (χ0v) is 14.5. The number of hydrogen-bond donors (Lipinski definition) is 1. The van der Waals surface area contributed by atoms with Gasteiger partial charge >= 0.3 is 0 Å². The number of hydrogen-bond acceptors (Lipinski definition) is 4. The Labute approximate surface area is 143 Å². The topological polar surface area (TPSA) is 59.0 Å². The van der Waals surface area contributed by atoms with Gasteiger partial charge in [-0.05, 0) is 37.8 Å². The van der Waals surface area contributed by atoms with E-state index in [0.29, 0.717) is 17.1 Å². The van der Waals surface area contributed by atoms with Crippen molar-refractivity contribution in [3.05, 3.63) is 23.8 Å². The Morgan fingerprint density at radius 3 is 2.62 bits per heavy atom. The second-order valence-electron chi connectivity index (χ2n) is 6.79. The molecule has 1 N–H and O–H groups in total. The third kappa shape index (κ3) is 3.22. The number of likely N-dealkylation sites (tertiary alicyclic amines) is 1. The molecule has 1 saturated heterocycles. The lowest BCUT2D eigenvalue weighted by Crippen LogP contribution is -2.45. The minimum Gasteiger partial charge on any atom is -0.497 e. The standard InChI is InChI=1S/C19H27NO4/c1-23-13-9-10-15(18(12-13)24-2)19(22)20-11-5-7-16(20)14-6-3-4-8-17(14)21/h9-10,12,14,16-17,21H,3-8,11H2,1-2H3/t14-,16-,17+/m1/s1. The fourth-order valence-corrected chi connectivity index (χ4v) is 4.21. The molecule has 0 aromatic heterocycles. The molecule has 3 rings (SSSR count). The van der Waals surface area contributed by atoms with E-state index in [0.717, 1.165) is 45.1 Å². The third-order valence-corrected chi connectivity index (χ3v) is 5.47. The van der Waals surface area contributed by atoms with E-state index < -0.39 is 0 Å². The summed E-state index contributed by atoms with van der Waals surface area (Å²) in [5.41, 5.74) is 0.565. The van der Waals surface area contributed by atoms with E-state index in [1.165, 1.54) is 0 Å². The van der Waals surface area contributed by atoms with Gasteiger partial charge in [0.25, 0.3) is 5.91 Å². The van der Waals surface area contributed by atoms with Crippen LogP contribution in [0.15, 0.2) is 18.2 Å². The van der Waals surface area contributed by atoms with Crippen LogP contribution < -0.4 is 9.47 Å². The molecule has 2 fully saturated rings. The average molecular weight is 333 g/mol. The number of ether oxygens (including phenoxy) is 2. The minimum atomic E-state index is -0.282. The first-order valence-corrected chi connectivity index (χ1v) is 8.86. The Balaban J connectivity index is 1.83. The molecule has 132 valence electrons. The second-order valence-corrected chi connectivity index (χ2v) is 6.79. The lowest BCUT2D eigenvalue weighted by atomic mass is 9.80. The van der Waals surface area contributed by atoms with Gasteiger partial charge in [-0.3, -0.25) is 4.79 Å². The number of aliphatic hydroxyl groups is 1. The van der Waals surface area contributed by atoms with E-state index in [1.807, 2.05) is 4.90 Å². The number of benzene rings is 1. The predicted octanol–water partition coefficient (Wildman–Crippen LogP) is 2.86. The largest absolute Gasteiger partial charge is 0.497 e. The maximum absolute atomic E-state index is 13.1. The van der Waals surface area contributed by atoms with Gasteiger partial charge < -0.3 is 19.5 Å². The van der Waals surface area contributed by atoms with Crippen LogP contribution in [-0.2, 0) is 0 Å². The Kier molecular flexibility index (Phi) is 5.29. The molecule has 0 radical (unpaired) electrons. The van der Waals surface area contributed by atoms with Crippen LogP contribution in [0.1, 0.15) is 48.9 Å². The monoisotopic (exact) mass is 333 g/mol. The van der Waals surface area contributed by atoms with Crippen LogP contribution in [0.4, 0.5) is 0 Å². The number of aliphatic hydroxyl groups excluding tert-OH is 1. The van der Waals surface area contributed by atoms with Gasteiger partial charge in [0.15, 0.2) is 0 Å². The minimum absolute atomic E-state index is 0.00484. The van der Waals surface area contributed by atoms with Crippen molar-refractivity contribution >= 4 is 5.91 Å². The van der Waals surface area contributed by atoms with Gasteiger partial charge in [0.1, 0.15) is 11.5 Å². The van der Waals surface area contributed by atoms with Crippen LogP contribution in [0.25, 0.3) is 0 Å². The van der Waals surface area contributed by atoms with Crippen molar-refractivity contribution in [2.24, 2.45) is 5.92 Å². The molecule has 1 aliphatic heterocycles. The number of amides is 1. The molecule has 1 aliphatic carbocycles. The van der Waals surface area contributed by atoms with Gasteiger partial charge in [-0.1, -0.05) is 12.8 Å². The van der Waals surface area contributed by atoms with Crippen molar-refractivity contribution in [3.8, 4) is 11.5 Å². The number of nitrogens with zero attached hydrogens (tertiary/aromatic N) is 1. The third-order valence-electron chi connectivity index (χ3n) is 5.47. The van der Waals surface area contributed by atoms with Gasteiger partial charge in [0.2, 0.25) is 0 Å². The highest BCUT2D eigenvalue weighted by molar-refractivity contribution is 5.97. The molecule has 1 amide bonds. The van der Waals surface area contributed by atoms with Crippen LogP contribution in [0.5, 0.6) is 11.5 Å². The first-order valence-electron chi connectivity index (χ1n) is 8.86. The second kappa shape index (κ2) is 7.43. The van der Waals surface area contributed by atoms with Gasteiger partial charge in [-0.25, -0.2) is 0 Å². The Morgan fingerprint density at radius 2 is 1.92 bits per heavy atom. The molecule has 3 atom stereocenters. The van der Waals surface area contributed by atoms with E-state index in [4.69, 9.17) is 9.47 Å². The Bertz CT molecular complexity index is 589. The fourth-order valence-electron chi connectivity index (χ4n) is 4.21. The predicted molar refractivity (Wildman–Crippen MR) is 91.6 cm³/mol. The van der Waals surface area contributed by atoms with E-state index in [2.05, 4.69) is 0 Å². The van der Waals surface area contributed by atoms with Crippen LogP contribution in [0.2, 0.25) is 0 Å². The van der Waals surface area contributed by atoms with E-state index in [9.17, 15) is 9.90 Å². The highest BCUT2D eigenvalue weighted by atomic mass is 16.5. The highest BCUT2D eigenvalue weighted by Gasteiger charge is 2.39. The molecule has 0 bridgehead atoms. The molecule has 0 unspecified atom stereocenters. The lowest BCUT2D eigenvalue weighted by Gasteiger charge is -2.37. The summed E-state index contributed by atoms with van der Waals surface area (Å²) in [5, 5.41) is 10.4. The van der Waals surface area contributed by atoms with E-state index in [1.54, 1.807) is 32.4 Å². The van der Waals surface area contributed by atoms with Gasteiger partial charge in [-0.2, -0.15) is 0 Å². The molecular formula is C19H27NO4. The lowest BCUT2D eigenvalue weighted by molar-refractivity contribution is 0.0210.